The van der Waals surface area contributed by atoms with Gasteiger partial charge < -0.3 is 15.0 Å². The first kappa shape index (κ1) is 15.6. The molecule has 0 aliphatic carbocycles. The minimum absolute atomic E-state index is 0.248. The zero-order chi connectivity index (χ0) is 13.6. The standard InChI is InChI=1S/C13H26N2O2S/c1-13(2,3)17-12(16)15(4)8-7-14-11-6-5-9-18-10-11/h11,14H,5-10H2,1-4H3. The molecule has 0 radical (unpaired) electrons. The highest BCUT2D eigenvalue weighted by Crippen LogP contribution is 2.16. The van der Waals surface area contributed by atoms with Gasteiger partial charge in [0.25, 0.3) is 0 Å². The van der Waals surface area contributed by atoms with E-state index in [1.54, 1.807) is 11.9 Å². The fourth-order valence-electron chi connectivity index (χ4n) is 1.77. The first-order valence-electron chi connectivity index (χ1n) is 6.64. The summed E-state index contributed by atoms with van der Waals surface area (Å²) in [6.45, 7) is 7.18. The van der Waals surface area contributed by atoms with Crippen LogP contribution in [0.5, 0.6) is 0 Å². The number of thioether (sulfide) groups is 1. The molecule has 0 saturated carbocycles. The van der Waals surface area contributed by atoms with Crippen LogP contribution in [0.15, 0.2) is 0 Å². The molecule has 0 bridgehead atoms. The van der Waals surface area contributed by atoms with Crippen molar-refractivity contribution < 1.29 is 9.53 Å². The topological polar surface area (TPSA) is 41.6 Å². The molecule has 0 aromatic heterocycles. The van der Waals surface area contributed by atoms with Gasteiger partial charge in [-0.05, 0) is 39.4 Å². The van der Waals surface area contributed by atoms with E-state index in [1.165, 1.54) is 24.3 Å². The molecule has 1 amide bonds. The second-order valence-corrected chi connectivity index (χ2v) is 6.92. The Balaban J connectivity index is 2.15. The maximum atomic E-state index is 11.7. The number of hydrogen-bond donors (Lipinski definition) is 1. The molecule has 4 nitrogen and oxygen atoms in total. The third-order valence-electron chi connectivity index (χ3n) is 2.75. The quantitative estimate of drug-likeness (QED) is 0.854. The molecule has 1 rings (SSSR count). The predicted octanol–water partition coefficient (Wildman–Crippen LogP) is 2.34. The van der Waals surface area contributed by atoms with Crippen molar-refractivity contribution in [2.24, 2.45) is 0 Å². The number of ether oxygens (including phenoxy) is 1. The van der Waals surface area contributed by atoms with Crippen LogP contribution in [-0.2, 0) is 4.74 Å². The van der Waals surface area contributed by atoms with E-state index in [2.05, 4.69) is 5.32 Å². The Labute approximate surface area is 115 Å². The lowest BCUT2D eigenvalue weighted by Gasteiger charge is -2.26. The van der Waals surface area contributed by atoms with Crippen LogP contribution in [0, 0.1) is 0 Å². The molecule has 1 saturated heterocycles. The molecule has 1 unspecified atom stereocenters. The van der Waals surface area contributed by atoms with Gasteiger partial charge in [-0.3, -0.25) is 0 Å². The van der Waals surface area contributed by atoms with E-state index in [4.69, 9.17) is 4.74 Å². The highest BCUT2D eigenvalue weighted by atomic mass is 32.2. The molecule has 1 atom stereocenters. The van der Waals surface area contributed by atoms with Gasteiger partial charge in [0.05, 0.1) is 0 Å². The summed E-state index contributed by atoms with van der Waals surface area (Å²) in [4.78, 5) is 13.3. The Morgan fingerprint density at radius 1 is 1.50 bits per heavy atom. The average molecular weight is 274 g/mol. The Morgan fingerprint density at radius 3 is 2.78 bits per heavy atom. The molecule has 1 aliphatic rings. The molecule has 1 N–H and O–H groups in total. The summed E-state index contributed by atoms with van der Waals surface area (Å²) in [6, 6.07) is 0.607. The van der Waals surface area contributed by atoms with Crippen LogP contribution in [0.4, 0.5) is 4.79 Å². The molecular weight excluding hydrogens is 248 g/mol. The number of rotatable bonds is 4. The monoisotopic (exact) mass is 274 g/mol. The maximum Gasteiger partial charge on any atom is 0.410 e. The maximum absolute atomic E-state index is 11.7. The molecule has 18 heavy (non-hydrogen) atoms. The number of hydrogen-bond acceptors (Lipinski definition) is 4. The van der Waals surface area contributed by atoms with Gasteiger partial charge in [0.1, 0.15) is 5.60 Å². The van der Waals surface area contributed by atoms with Crippen LogP contribution < -0.4 is 5.32 Å². The van der Waals surface area contributed by atoms with Crippen molar-refractivity contribution in [1.82, 2.24) is 10.2 Å². The van der Waals surface area contributed by atoms with Crippen LogP contribution in [-0.4, -0.2) is 54.3 Å². The molecule has 0 spiro atoms. The lowest BCUT2D eigenvalue weighted by atomic mass is 10.2. The summed E-state index contributed by atoms with van der Waals surface area (Å²) in [7, 11) is 1.78. The first-order chi connectivity index (χ1) is 8.38. The minimum Gasteiger partial charge on any atom is -0.444 e. The lowest BCUT2D eigenvalue weighted by Crippen LogP contribution is -2.41. The summed E-state index contributed by atoms with van der Waals surface area (Å²) < 4.78 is 5.30. The molecular formula is C13H26N2O2S. The van der Waals surface area contributed by atoms with Crippen molar-refractivity contribution >= 4 is 17.9 Å². The molecule has 5 heteroatoms. The van der Waals surface area contributed by atoms with Crippen LogP contribution in [0.2, 0.25) is 0 Å². The van der Waals surface area contributed by atoms with Crippen LogP contribution in [0.1, 0.15) is 33.6 Å². The molecule has 106 valence electrons. The van der Waals surface area contributed by atoms with Crippen molar-refractivity contribution in [3.8, 4) is 0 Å². The average Bonchev–Trinajstić information content (AvgIpc) is 2.28. The van der Waals surface area contributed by atoms with Crippen molar-refractivity contribution in [2.45, 2.75) is 45.3 Å². The second-order valence-electron chi connectivity index (χ2n) is 5.77. The summed E-state index contributed by atoms with van der Waals surface area (Å²) in [5.41, 5.74) is -0.418. The zero-order valence-corrected chi connectivity index (χ0v) is 12.8. The number of likely N-dealkylation sites (N-methyl/N-ethyl adjacent to an activating group) is 1. The van der Waals surface area contributed by atoms with Crippen LogP contribution >= 0.6 is 11.8 Å². The van der Waals surface area contributed by atoms with Gasteiger partial charge in [-0.15, -0.1) is 0 Å². The number of nitrogens with one attached hydrogen (secondary N) is 1. The van der Waals surface area contributed by atoms with Crippen molar-refractivity contribution in [2.75, 3.05) is 31.6 Å². The van der Waals surface area contributed by atoms with Gasteiger partial charge in [-0.2, -0.15) is 11.8 Å². The van der Waals surface area contributed by atoms with E-state index < -0.39 is 5.60 Å². The van der Waals surface area contributed by atoms with E-state index in [0.717, 1.165) is 6.54 Å². The second kappa shape index (κ2) is 7.24. The molecule has 1 aliphatic heterocycles. The molecule has 0 aromatic rings. The van der Waals surface area contributed by atoms with E-state index in [9.17, 15) is 4.79 Å². The predicted molar refractivity (Wildman–Crippen MR) is 77.2 cm³/mol. The van der Waals surface area contributed by atoms with E-state index in [-0.39, 0.29) is 6.09 Å². The van der Waals surface area contributed by atoms with Gasteiger partial charge in [-0.1, -0.05) is 0 Å². The Hall–Kier alpha value is -0.420. The van der Waals surface area contributed by atoms with Gasteiger partial charge in [0, 0.05) is 31.9 Å². The lowest BCUT2D eigenvalue weighted by molar-refractivity contribution is 0.0299. The number of nitrogens with zero attached hydrogens (tertiary/aromatic N) is 1. The van der Waals surface area contributed by atoms with E-state index in [1.807, 2.05) is 32.5 Å². The summed E-state index contributed by atoms with van der Waals surface area (Å²) >= 11 is 2.01. The van der Waals surface area contributed by atoms with Gasteiger partial charge in [-0.25, -0.2) is 4.79 Å². The van der Waals surface area contributed by atoms with Crippen LogP contribution in [0.3, 0.4) is 0 Å². The summed E-state index contributed by atoms with van der Waals surface area (Å²) in [5.74, 6) is 2.48. The number of carbonyl (C=O) groups excluding carboxylic acids is 1. The fourth-order valence-corrected chi connectivity index (χ4v) is 2.88. The SMILES string of the molecule is CN(CCNC1CCCSC1)C(=O)OC(C)(C)C. The summed E-state index contributed by atoms with van der Waals surface area (Å²) in [5, 5.41) is 3.50. The number of carbonyl (C=O) groups is 1. The molecule has 1 fully saturated rings. The molecule has 1 heterocycles. The van der Waals surface area contributed by atoms with E-state index in [0.29, 0.717) is 12.6 Å². The van der Waals surface area contributed by atoms with Crippen molar-refractivity contribution in [3.05, 3.63) is 0 Å². The summed E-state index contributed by atoms with van der Waals surface area (Å²) in [6.07, 6.45) is 2.30. The Kier molecular flexibility index (Phi) is 6.29. The largest absolute Gasteiger partial charge is 0.444 e. The van der Waals surface area contributed by atoms with E-state index >= 15 is 0 Å². The fraction of sp³-hybridized carbons (Fsp3) is 0.923. The Morgan fingerprint density at radius 2 is 2.22 bits per heavy atom. The zero-order valence-electron chi connectivity index (χ0n) is 12.0. The first-order valence-corrected chi connectivity index (χ1v) is 7.79. The van der Waals surface area contributed by atoms with Crippen LogP contribution in [0.25, 0.3) is 0 Å². The van der Waals surface area contributed by atoms with Crippen molar-refractivity contribution in [1.29, 1.82) is 0 Å². The van der Waals surface area contributed by atoms with Crippen molar-refractivity contribution in [3.63, 3.8) is 0 Å². The Bertz CT molecular complexity index is 260. The third-order valence-corrected chi connectivity index (χ3v) is 3.96. The highest BCUT2D eigenvalue weighted by molar-refractivity contribution is 7.99. The van der Waals surface area contributed by atoms with Gasteiger partial charge in [0.2, 0.25) is 0 Å². The molecule has 0 aromatic carbocycles. The third kappa shape index (κ3) is 6.50. The van der Waals surface area contributed by atoms with Gasteiger partial charge in [0.15, 0.2) is 0 Å². The minimum atomic E-state index is -0.418. The van der Waals surface area contributed by atoms with Gasteiger partial charge >= 0.3 is 6.09 Å². The normalized spacial score (nSPS) is 20.6. The highest BCUT2D eigenvalue weighted by Gasteiger charge is 2.19. The smallest absolute Gasteiger partial charge is 0.410 e. The number of amides is 1.